The molecule has 1 aliphatic heterocycles. The Kier molecular flexibility index (Phi) is 6.26. The van der Waals surface area contributed by atoms with E-state index in [1.807, 2.05) is 13.0 Å². The fourth-order valence-electron chi connectivity index (χ4n) is 3.09. The average Bonchev–Trinajstić information content (AvgIpc) is 3.04. The Balaban J connectivity index is 1.56. The van der Waals surface area contributed by atoms with Gasteiger partial charge in [0.2, 0.25) is 17.7 Å². The second-order valence-corrected chi connectivity index (χ2v) is 7.64. The van der Waals surface area contributed by atoms with Crippen LogP contribution in [0.25, 0.3) is 0 Å². The Bertz CT molecular complexity index is 983. The minimum Gasteiger partial charge on any atom is -0.347 e. The van der Waals surface area contributed by atoms with Crippen LogP contribution >= 0.6 is 15.9 Å². The van der Waals surface area contributed by atoms with Crippen molar-refractivity contribution in [1.29, 1.82) is 0 Å². The summed E-state index contributed by atoms with van der Waals surface area (Å²) < 4.78 is 27.9. The van der Waals surface area contributed by atoms with E-state index in [0.717, 1.165) is 27.1 Å². The van der Waals surface area contributed by atoms with Crippen molar-refractivity contribution >= 4 is 45.0 Å². The fourth-order valence-corrected chi connectivity index (χ4v) is 3.57. The molecule has 1 fully saturated rings. The van der Waals surface area contributed by atoms with Crippen molar-refractivity contribution in [3.8, 4) is 0 Å². The molecule has 3 amide bonds. The number of halogens is 3. The van der Waals surface area contributed by atoms with Crippen molar-refractivity contribution in [2.24, 2.45) is 5.92 Å². The number of benzene rings is 2. The number of nitrogens with one attached hydrogen (secondary N) is 2. The topological polar surface area (TPSA) is 78.5 Å². The molecule has 9 heteroatoms. The van der Waals surface area contributed by atoms with Gasteiger partial charge in [0.05, 0.1) is 18.2 Å². The minimum atomic E-state index is -0.872. The van der Waals surface area contributed by atoms with Crippen LogP contribution < -0.4 is 15.5 Å². The van der Waals surface area contributed by atoms with E-state index in [1.54, 1.807) is 12.1 Å². The van der Waals surface area contributed by atoms with E-state index in [-0.39, 0.29) is 25.2 Å². The van der Waals surface area contributed by atoms with Crippen LogP contribution in [0.1, 0.15) is 12.0 Å². The summed E-state index contributed by atoms with van der Waals surface area (Å²) in [6.45, 7) is 1.54. The van der Waals surface area contributed by atoms with E-state index >= 15 is 0 Å². The number of anilines is 2. The van der Waals surface area contributed by atoms with Gasteiger partial charge in [-0.1, -0.05) is 15.9 Å². The maximum atomic E-state index is 13.9. The summed E-state index contributed by atoms with van der Waals surface area (Å²) in [5.41, 5.74) is 1.41. The molecule has 1 heterocycles. The minimum absolute atomic E-state index is 0.0410. The summed E-state index contributed by atoms with van der Waals surface area (Å²) in [6, 6.07) is 8.27. The molecular weight excluding hydrogens is 448 g/mol. The van der Waals surface area contributed by atoms with Crippen LogP contribution in [0, 0.1) is 24.5 Å². The van der Waals surface area contributed by atoms with Crippen molar-refractivity contribution < 1.29 is 23.2 Å². The normalized spacial score (nSPS) is 16.1. The van der Waals surface area contributed by atoms with Gasteiger partial charge in [0.15, 0.2) is 0 Å². The standard InChI is InChI=1S/C20H18BrF2N3O3/c1-11-6-13(21)2-4-16(11)25-18(27)9-24-20(29)12-7-19(28)26(10-12)17-5-3-14(22)8-15(17)23/h2-6,8,12H,7,9-10H2,1H3,(H,24,29)(H,25,27). The summed E-state index contributed by atoms with van der Waals surface area (Å²) >= 11 is 3.34. The molecule has 0 spiro atoms. The largest absolute Gasteiger partial charge is 0.347 e. The lowest BCUT2D eigenvalue weighted by atomic mass is 10.1. The Hall–Kier alpha value is -2.81. The van der Waals surface area contributed by atoms with Gasteiger partial charge in [0, 0.05) is 29.2 Å². The van der Waals surface area contributed by atoms with Crippen LogP contribution in [0.15, 0.2) is 40.9 Å². The summed E-state index contributed by atoms with van der Waals surface area (Å²) in [6.07, 6.45) is -0.115. The third kappa shape index (κ3) is 4.97. The van der Waals surface area contributed by atoms with Crippen molar-refractivity contribution in [2.45, 2.75) is 13.3 Å². The lowest BCUT2D eigenvalue weighted by molar-refractivity contribution is -0.127. The van der Waals surface area contributed by atoms with Crippen LogP contribution in [0.3, 0.4) is 0 Å². The number of rotatable bonds is 5. The number of hydrogen-bond donors (Lipinski definition) is 2. The first-order chi connectivity index (χ1) is 13.7. The Morgan fingerprint density at radius 3 is 2.66 bits per heavy atom. The highest BCUT2D eigenvalue weighted by Crippen LogP contribution is 2.28. The molecular formula is C20H18BrF2N3O3. The molecule has 3 rings (SSSR count). The van der Waals surface area contributed by atoms with E-state index in [0.29, 0.717) is 11.8 Å². The van der Waals surface area contributed by atoms with E-state index in [4.69, 9.17) is 0 Å². The monoisotopic (exact) mass is 465 g/mol. The predicted molar refractivity (Wildman–Crippen MR) is 107 cm³/mol. The number of nitrogens with zero attached hydrogens (tertiary/aromatic N) is 1. The molecule has 1 aliphatic rings. The highest BCUT2D eigenvalue weighted by atomic mass is 79.9. The van der Waals surface area contributed by atoms with Crippen LogP contribution in [0.5, 0.6) is 0 Å². The van der Waals surface area contributed by atoms with E-state index in [2.05, 4.69) is 26.6 Å². The molecule has 1 saturated heterocycles. The Morgan fingerprint density at radius 1 is 1.21 bits per heavy atom. The lowest BCUT2D eigenvalue weighted by Gasteiger charge is -2.17. The van der Waals surface area contributed by atoms with E-state index in [9.17, 15) is 23.2 Å². The maximum Gasteiger partial charge on any atom is 0.243 e. The quantitative estimate of drug-likeness (QED) is 0.711. The SMILES string of the molecule is Cc1cc(Br)ccc1NC(=O)CNC(=O)C1CC(=O)N(c2ccc(F)cc2F)C1. The summed E-state index contributed by atoms with van der Waals surface area (Å²) in [5.74, 6) is -3.68. The highest BCUT2D eigenvalue weighted by molar-refractivity contribution is 9.10. The van der Waals surface area contributed by atoms with Gasteiger partial charge in [-0.25, -0.2) is 8.78 Å². The molecule has 152 valence electrons. The number of carbonyl (C=O) groups is 3. The Morgan fingerprint density at radius 2 is 1.97 bits per heavy atom. The van der Waals surface area contributed by atoms with Gasteiger partial charge in [0.25, 0.3) is 0 Å². The van der Waals surface area contributed by atoms with Crippen LogP contribution in [-0.2, 0) is 14.4 Å². The first-order valence-electron chi connectivity index (χ1n) is 8.83. The van der Waals surface area contributed by atoms with Crippen molar-refractivity contribution in [3.63, 3.8) is 0 Å². The number of aryl methyl sites for hydroxylation is 1. The molecule has 2 N–H and O–H groups in total. The fraction of sp³-hybridized carbons (Fsp3) is 0.250. The van der Waals surface area contributed by atoms with Crippen LogP contribution in [0.2, 0.25) is 0 Å². The average molecular weight is 466 g/mol. The molecule has 2 aromatic rings. The molecule has 1 atom stereocenters. The van der Waals surface area contributed by atoms with Gasteiger partial charge >= 0.3 is 0 Å². The number of hydrogen-bond acceptors (Lipinski definition) is 3. The summed E-state index contributed by atoms with van der Waals surface area (Å²) in [4.78, 5) is 37.7. The first-order valence-corrected chi connectivity index (χ1v) is 9.63. The van der Waals surface area contributed by atoms with Gasteiger partial charge in [-0.3, -0.25) is 14.4 Å². The van der Waals surface area contributed by atoms with Gasteiger partial charge in [-0.05, 0) is 42.8 Å². The Labute approximate surface area is 174 Å². The molecule has 0 radical (unpaired) electrons. The second kappa shape index (κ2) is 8.69. The molecule has 0 aromatic heterocycles. The molecule has 1 unspecified atom stereocenters. The smallest absolute Gasteiger partial charge is 0.243 e. The third-order valence-electron chi connectivity index (χ3n) is 4.58. The van der Waals surface area contributed by atoms with Gasteiger partial charge < -0.3 is 15.5 Å². The van der Waals surface area contributed by atoms with Crippen molar-refractivity contribution in [1.82, 2.24) is 5.32 Å². The second-order valence-electron chi connectivity index (χ2n) is 6.73. The third-order valence-corrected chi connectivity index (χ3v) is 5.08. The number of amides is 3. The van der Waals surface area contributed by atoms with Gasteiger partial charge in [-0.2, -0.15) is 0 Å². The van der Waals surface area contributed by atoms with E-state index in [1.165, 1.54) is 0 Å². The van der Waals surface area contributed by atoms with E-state index < -0.39 is 35.3 Å². The number of carbonyl (C=O) groups excluding carboxylic acids is 3. The first kappa shape index (κ1) is 20.9. The van der Waals surface area contributed by atoms with Crippen LogP contribution in [-0.4, -0.2) is 30.8 Å². The zero-order valence-electron chi connectivity index (χ0n) is 15.5. The summed E-state index contributed by atoms with van der Waals surface area (Å²) in [7, 11) is 0. The van der Waals surface area contributed by atoms with Crippen molar-refractivity contribution in [3.05, 3.63) is 58.1 Å². The van der Waals surface area contributed by atoms with Crippen molar-refractivity contribution in [2.75, 3.05) is 23.3 Å². The summed E-state index contributed by atoms with van der Waals surface area (Å²) in [5, 5.41) is 5.20. The lowest BCUT2D eigenvalue weighted by Crippen LogP contribution is -2.38. The van der Waals surface area contributed by atoms with Gasteiger partial charge in [-0.15, -0.1) is 0 Å². The molecule has 0 aliphatic carbocycles. The van der Waals surface area contributed by atoms with Gasteiger partial charge in [0.1, 0.15) is 11.6 Å². The van der Waals surface area contributed by atoms with Crippen LogP contribution in [0.4, 0.5) is 20.2 Å². The zero-order chi connectivity index (χ0) is 21.1. The molecule has 29 heavy (non-hydrogen) atoms. The molecule has 0 saturated carbocycles. The maximum absolute atomic E-state index is 13.9. The zero-order valence-corrected chi connectivity index (χ0v) is 17.1. The highest BCUT2D eigenvalue weighted by Gasteiger charge is 2.36. The predicted octanol–water partition coefficient (Wildman–Crippen LogP) is 3.14. The molecule has 2 aromatic carbocycles. The molecule has 0 bridgehead atoms. The molecule has 6 nitrogen and oxygen atoms in total.